The van der Waals surface area contributed by atoms with E-state index in [9.17, 15) is 4.79 Å². The number of hydrogen-bond donors (Lipinski definition) is 0. The Hall–Kier alpha value is -1.78. The first-order valence-electron chi connectivity index (χ1n) is 5.79. The highest BCUT2D eigenvalue weighted by Crippen LogP contribution is 2.16. The van der Waals surface area contributed by atoms with Crippen LogP contribution in [0.3, 0.4) is 0 Å². The molecule has 5 heteroatoms. The van der Waals surface area contributed by atoms with Gasteiger partial charge >= 0.3 is 6.09 Å². The van der Waals surface area contributed by atoms with E-state index in [1.165, 1.54) is 0 Å². The maximum absolute atomic E-state index is 11.5. The number of aromatic nitrogens is 1. The number of carbonyl (C=O) groups is 1. The van der Waals surface area contributed by atoms with Crippen molar-refractivity contribution in [1.29, 1.82) is 0 Å². The summed E-state index contributed by atoms with van der Waals surface area (Å²) in [6.45, 7) is 3.45. The van der Waals surface area contributed by atoms with Crippen molar-refractivity contribution in [3.05, 3.63) is 24.4 Å². The SMILES string of the molecule is CCOC(=O)N1CCC(Oc2ccccn2)C1. The van der Waals surface area contributed by atoms with Gasteiger partial charge in [0.05, 0.1) is 13.2 Å². The predicted octanol–water partition coefficient (Wildman–Crippen LogP) is 1.69. The van der Waals surface area contributed by atoms with Crippen LogP contribution in [0.25, 0.3) is 0 Å². The Morgan fingerprint density at radius 3 is 3.18 bits per heavy atom. The Morgan fingerprint density at radius 1 is 1.59 bits per heavy atom. The summed E-state index contributed by atoms with van der Waals surface area (Å²) < 4.78 is 10.6. The summed E-state index contributed by atoms with van der Waals surface area (Å²) in [5.41, 5.74) is 0. The van der Waals surface area contributed by atoms with Gasteiger partial charge in [-0.25, -0.2) is 9.78 Å². The van der Waals surface area contributed by atoms with Crippen LogP contribution in [-0.4, -0.2) is 41.8 Å². The fraction of sp³-hybridized carbons (Fsp3) is 0.500. The van der Waals surface area contributed by atoms with Crippen LogP contribution < -0.4 is 4.74 Å². The molecule has 1 aromatic rings. The summed E-state index contributed by atoms with van der Waals surface area (Å²) in [5, 5.41) is 0. The molecule has 0 spiro atoms. The Kier molecular flexibility index (Phi) is 3.80. The van der Waals surface area contributed by atoms with Gasteiger partial charge in [-0.3, -0.25) is 0 Å². The van der Waals surface area contributed by atoms with E-state index in [1.54, 1.807) is 18.0 Å². The van der Waals surface area contributed by atoms with Crippen molar-refractivity contribution in [1.82, 2.24) is 9.88 Å². The first kappa shape index (κ1) is 11.7. The van der Waals surface area contributed by atoms with Crippen LogP contribution in [0.5, 0.6) is 5.88 Å². The largest absolute Gasteiger partial charge is 0.472 e. The van der Waals surface area contributed by atoms with E-state index in [0.717, 1.165) is 6.42 Å². The number of likely N-dealkylation sites (tertiary alicyclic amines) is 1. The molecule has 1 amide bonds. The molecule has 5 nitrogen and oxygen atoms in total. The third-order valence-corrected chi connectivity index (χ3v) is 2.60. The average Bonchev–Trinajstić information content (AvgIpc) is 2.79. The monoisotopic (exact) mass is 236 g/mol. The normalized spacial score (nSPS) is 19.1. The van der Waals surface area contributed by atoms with Crippen LogP contribution in [0.2, 0.25) is 0 Å². The number of ether oxygens (including phenoxy) is 2. The summed E-state index contributed by atoms with van der Waals surface area (Å²) in [7, 11) is 0. The van der Waals surface area contributed by atoms with E-state index in [4.69, 9.17) is 9.47 Å². The van der Waals surface area contributed by atoms with Gasteiger partial charge < -0.3 is 14.4 Å². The molecule has 0 bridgehead atoms. The van der Waals surface area contributed by atoms with E-state index < -0.39 is 0 Å². The van der Waals surface area contributed by atoms with Gasteiger partial charge in [0.15, 0.2) is 0 Å². The fourth-order valence-corrected chi connectivity index (χ4v) is 1.79. The van der Waals surface area contributed by atoms with E-state index in [2.05, 4.69) is 4.98 Å². The highest BCUT2D eigenvalue weighted by atomic mass is 16.6. The van der Waals surface area contributed by atoms with Crippen LogP contribution in [-0.2, 0) is 4.74 Å². The number of hydrogen-bond acceptors (Lipinski definition) is 4. The molecular formula is C12H16N2O3. The molecule has 0 aliphatic carbocycles. The second-order valence-electron chi connectivity index (χ2n) is 3.84. The van der Waals surface area contributed by atoms with Crippen molar-refractivity contribution in [2.75, 3.05) is 19.7 Å². The number of carbonyl (C=O) groups excluding carboxylic acids is 1. The maximum Gasteiger partial charge on any atom is 0.409 e. The summed E-state index contributed by atoms with van der Waals surface area (Å²) in [6, 6.07) is 5.53. The van der Waals surface area contributed by atoms with E-state index >= 15 is 0 Å². The molecule has 0 radical (unpaired) electrons. The van der Waals surface area contributed by atoms with Gasteiger partial charge in [-0.05, 0) is 13.0 Å². The zero-order chi connectivity index (χ0) is 12.1. The molecule has 1 fully saturated rings. The molecule has 2 rings (SSSR count). The van der Waals surface area contributed by atoms with Crippen LogP contribution in [0.15, 0.2) is 24.4 Å². The number of nitrogens with zero attached hydrogens (tertiary/aromatic N) is 2. The quantitative estimate of drug-likeness (QED) is 0.801. The minimum absolute atomic E-state index is 0.00862. The molecule has 1 aliphatic rings. The molecule has 1 unspecified atom stereocenters. The zero-order valence-electron chi connectivity index (χ0n) is 9.83. The van der Waals surface area contributed by atoms with Crippen LogP contribution in [0.1, 0.15) is 13.3 Å². The van der Waals surface area contributed by atoms with Crippen molar-refractivity contribution in [3.63, 3.8) is 0 Å². The van der Waals surface area contributed by atoms with Gasteiger partial charge in [-0.2, -0.15) is 0 Å². The zero-order valence-corrected chi connectivity index (χ0v) is 9.83. The van der Waals surface area contributed by atoms with Gasteiger partial charge in [-0.15, -0.1) is 0 Å². The van der Waals surface area contributed by atoms with E-state index in [-0.39, 0.29) is 12.2 Å². The Balaban J connectivity index is 1.84. The Labute approximate surface area is 100 Å². The van der Waals surface area contributed by atoms with Crippen molar-refractivity contribution in [3.8, 4) is 5.88 Å². The molecule has 0 aromatic carbocycles. The lowest BCUT2D eigenvalue weighted by atomic mass is 10.3. The topological polar surface area (TPSA) is 51.7 Å². The van der Waals surface area contributed by atoms with E-state index in [0.29, 0.717) is 25.6 Å². The summed E-state index contributed by atoms with van der Waals surface area (Å²) in [6.07, 6.45) is 2.25. The predicted molar refractivity (Wildman–Crippen MR) is 61.9 cm³/mol. The minimum Gasteiger partial charge on any atom is -0.472 e. The minimum atomic E-state index is -0.264. The van der Waals surface area contributed by atoms with Crippen molar-refractivity contribution < 1.29 is 14.3 Å². The van der Waals surface area contributed by atoms with E-state index in [1.807, 2.05) is 18.2 Å². The number of pyridine rings is 1. The Bertz CT molecular complexity index is 369. The molecular weight excluding hydrogens is 220 g/mol. The Morgan fingerprint density at radius 2 is 2.47 bits per heavy atom. The van der Waals surface area contributed by atoms with Crippen molar-refractivity contribution in [2.24, 2.45) is 0 Å². The molecule has 1 atom stereocenters. The molecule has 92 valence electrons. The second kappa shape index (κ2) is 5.52. The molecule has 1 aromatic heterocycles. The van der Waals surface area contributed by atoms with Gasteiger partial charge in [0.25, 0.3) is 0 Å². The second-order valence-corrected chi connectivity index (χ2v) is 3.84. The summed E-state index contributed by atoms with van der Waals surface area (Å²) >= 11 is 0. The molecule has 1 saturated heterocycles. The average molecular weight is 236 g/mol. The maximum atomic E-state index is 11.5. The lowest BCUT2D eigenvalue weighted by molar-refractivity contribution is 0.109. The standard InChI is InChI=1S/C12H16N2O3/c1-2-16-12(15)14-8-6-10(9-14)17-11-5-3-4-7-13-11/h3-5,7,10H,2,6,8-9H2,1H3. The van der Waals surface area contributed by atoms with Gasteiger partial charge in [-0.1, -0.05) is 6.07 Å². The summed E-state index contributed by atoms with van der Waals surface area (Å²) in [5.74, 6) is 0.600. The number of amides is 1. The van der Waals surface area contributed by atoms with Gasteiger partial charge in [0.1, 0.15) is 6.10 Å². The van der Waals surface area contributed by atoms with Crippen LogP contribution in [0.4, 0.5) is 4.79 Å². The van der Waals surface area contributed by atoms with Crippen LogP contribution in [0, 0.1) is 0 Å². The van der Waals surface area contributed by atoms with Gasteiger partial charge in [0.2, 0.25) is 5.88 Å². The molecule has 1 aliphatic heterocycles. The lowest BCUT2D eigenvalue weighted by Gasteiger charge is -2.16. The first-order chi connectivity index (χ1) is 8.29. The summed E-state index contributed by atoms with van der Waals surface area (Å²) in [4.78, 5) is 17.2. The molecule has 0 N–H and O–H groups in total. The number of rotatable bonds is 3. The third-order valence-electron chi connectivity index (χ3n) is 2.60. The van der Waals surface area contributed by atoms with Crippen molar-refractivity contribution >= 4 is 6.09 Å². The molecule has 17 heavy (non-hydrogen) atoms. The molecule has 0 saturated carbocycles. The van der Waals surface area contributed by atoms with Gasteiger partial charge in [0, 0.05) is 25.2 Å². The first-order valence-corrected chi connectivity index (χ1v) is 5.79. The highest BCUT2D eigenvalue weighted by Gasteiger charge is 2.28. The fourth-order valence-electron chi connectivity index (χ4n) is 1.79. The molecule has 2 heterocycles. The van der Waals surface area contributed by atoms with Crippen LogP contribution >= 0.6 is 0 Å². The smallest absolute Gasteiger partial charge is 0.409 e. The van der Waals surface area contributed by atoms with Crippen molar-refractivity contribution in [2.45, 2.75) is 19.4 Å². The highest BCUT2D eigenvalue weighted by molar-refractivity contribution is 5.67. The third kappa shape index (κ3) is 3.09. The lowest BCUT2D eigenvalue weighted by Crippen LogP contribution is -2.31.